The molecule has 1 N–H and O–H groups in total. The standard InChI is InChI=1S/C21H28N2O3S/c1-16(2)15-19(17-11-7-5-8-12-17)22-21(24)20(23(3)27(4,25)26)18-13-9-6-10-14-18/h5-14,16,19-20H,15H2,1-4H3,(H,22,24)/t19-,20+/m1/s1. The summed E-state index contributed by atoms with van der Waals surface area (Å²) < 4.78 is 25.4. The Morgan fingerprint density at radius 3 is 1.89 bits per heavy atom. The summed E-state index contributed by atoms with van der Waals surface area (Å²) in [5.41, 5.74) is 1.65. The Balaban J connectivity index is 2.35. The van der Waals surface area contributed by atoms with Crippen LogP contribution in [0.25, 0.3) is 0 Å². The number of nitrogens with one attached hydrogen (secondary N) is 1. The van der Waals surface area contributed by atoms with Crippen molar-refractivity contribution in [1.29, 1.82) is 0 Å². The molecule has 0 aromatic heterocycles. The molecule has 0 saturated heterocycles. The van der Waals surface area contributed by atoms with Crippen LogP contribution in [0.1, 0.15) is 43.5 Å². The highest BCUT2D eigenvalue weighted by Crippen LogP contribution is 2.26. The van der Waals surface area contributed by atoms with E-state index in [-0.39, 0.29) is 11.9 Å². The van der Waals surface area contributed by atoms with Crippen LogP contribution in [0.2, 0.25) is 0 Å². The molecule has 1 amide bonds. The number of nitrogens with zero attached hydrogens (tertiary/aromatic N) is 1. The van der Waals surface area contributed by atoms with Gasteiger partial charge in [0.25, 0.3) is 0 Å². The summed E-state index contributed by atoms with van der Waals surface area (Å²) in [7, 11) is -2.11. The lowest BCUT2D eigenvalue weighted by atomic mass is 9.96. The lowest BCUT2D eigenvalue weighted by molar-refractivity contribution is -0.125. The smallest absolute Gasteiger partial charge is 0.243 e. The van der Waals surface area contributed by atoms with Crippen LogP contribution in [0.5, 0.6) is 0 Å². The average molecular weight is 389 g/mol. The Morgan fingerprint density at radius 2 is 1.44 bits per heavy atom. The number of likely N-dealkylation sites (N-methyl/N-ethyl adjacent to an activating group) is 1. The van der Waals surface area contributed by atoms with Gasteiger partial charge in [0.2, 0.25) is 15.9 Å². The molecule has 27 heavy (non-hydrogen) atoms. The molecule has 0 saturated carbocycles. The zero-order chi connectivity index (χ0) is 20.0. The van der Waals surface area contributed by atoms with Crippen molar-refractivity contribution in [1.82, 2.24) is 9.62 Å². The first kappa shape index (κ1) is 21.1. The van der Waals surface area contributed by atoms with Crippen LogP contribution < -0.4 is 5.32 Å². The first-order valence-electron chi connectivity index (χ1n) is 9.03. The minimum atomic E-state index is -3.55. The van der Waals surface area contributed by atoms with Gasteiger partial charge in [-0.15, -0.1) is 0 Å². The highest BCUT2D eigenvalue weighted by atomic mass is 32.2. The molecule has 2 aromatic carbocycles. The predicted molar refractivity (Wildman–Crippen MR) is 109 cm³/mol. The molecule has 5 nitrogen and oxygen atoms in total. The van der Waals surface area contributed by atoms with Crippen LogP contribution in [0.15, 0.2) is 60.7 Å². The SMILES string of the molecule is CC(C)C[C@@H](NC(=O)[C@H](c1ccccc1)N(C)S(C)(=O)=O)c1ccccc1. The van der Waals surface area contributed by atoms with Gasteiger partial charge in [0.1, 0.15) is 6.04 Å². The van der Waals surface area contributed by atoms with Gasteiger partial charge in [-0.1, -0.05) is 74.5 Å². The fraction of sp³-hybridized carbons (Fsp3) is 0.381. The van der Waals surface area contributed by atoms with Gasteiger partial charge in [-0.25, -0.2) is 8.42 Å². The maximum atomic E-state index is 13.2. The van der Waals surface area contributed by atoms with Gasteiger partial charge in [0, 0.05) is 7.05 Å². The van der Waals surface area contributed by atoms with E-state index in [1.54, 1.807) is 24.3 Å². The molecule has 146 valence electrons. The minimum Gasteiger partial charge on any atom is -0.348 e. The number of hydrogen-bond acceptors (Lipinski definition) is 3. The molecule has 0 fully saturated rings. The van der Waals surface area contributed by atoms with Crippen LogP contribution in [0, 0.1) is 5.92 Å². The molecule has 2 rings (SSSR count). The molecule has 0 spiro atoms. The number of hydrogen-bond donors (Lipinski definition) is 1. The second-order valence-corrected chi connectivity index (χ2v) is 9.24. The fourth-order valence-corrected chi connectivity index (χ4v) is 3.64. The molecule has 0 aliphatic heterocycles. The van der Waals surface area contributed by atoms with Crippen LogP contribution >= 0.6 is 0 Å². The van der Waals surface area contributed by atoms with Crippen molar-refractivity contribution >= 4 is 15.9 Å². The fourth-order valence-electron chi connectivity index (χ4n) is 3.04. The van der Waals surface area contributed by atoms with E-state index in [1.807, 2.05) is 36.4 Å². The maximum Gasteiger partial charge on any atom is 0.243 e. The lowest BCUT2D eigenvalue weighted by Gasteiger charge is -2.29. The Bertz CT molecular complexity index is 836. The number of sulfonamides is 1. The van der Waals surface area contributed by atoms with Crippen LogP contribution in [0.3, 0.4) is 0 Å². The van der Waals surface area contributed by atoms with Crippen molar-refractivity contribution in [3.8, 4) is 0 Å². The van der Waals surface area contributed by atoms with Gasteiger partial charge in [-0.2, -0.15) is 4.31 Å². The molecule has 6 heteroatoms. The number of amides is 1. The summed E-state index contributed by atoms with van der Waals surface area (Å²) >= 11 is 0. The summed E-state index contributed by atoms with van der Waals surface area (Å²) in [6, 6.07) is 17.6. The topological polar surface area (TPSA) is 66.5 Å². The van der Waals surface area contributed by atoms with Crippen molar-refractivity contribution < 1.29 is 13.2 Å². The second kappa shape index (κ2) is 9.15. The third-order valence-corrected chi connectivity index (χ3v) is 5.73. The summed E-state index contributed by atoms with van der Waals surface area (Å²) in [4.78, 5) is 13.2. The van der Waals surface area contributed by atoms with Crippen LogP contribution in [-0.4, -0.2) is 31.9 Å². The summed E-state index contributed by atoms with van der Waals surface area (Å²) in [5, 5.41) is 3.07. The van der Waals surface area contributed by atoms with Gasteiger partial charge in [0.15, 0.2) is 0 Å². The molecule has 0 heterocycles. The van der Waals surface area contributed by atoms with Crippen molar-refractivity contribution in [2.45, 2.75) is 32.4 Å². The van der Waals surface area contributed by atoms with E-state index in [0.29, 0.717) is 11.5 Å². The Hall–Kier alpha value is -2.18. The molecule has 2 atom stereocenters. The number of carbonyl (C=O) groups is 1. The van der Waals surface area contributed by atoms with Gasteiger partial charge < -0.3 is 5.32 Å². The summed E-state index contributed by atoms with van der Waals surface area (Å²) in [6.07, 6.45) is 1.87. The third-order valence-electron chi connectivity index (χ3n) is 4.48. The Labute approximate surface area is 162 Å². The van der Waals surface area contributed by atoms with Crippen LogP contribution in [0.4, 0.5) is 0 Å². The monoisotopic (exact) mass is 388 g/mol. The number of benzene rings is 2. The van der Waals surface area contributed by atoms with Crippen molar-refractivity contribution in [2.24, 2.45) is 5.92 Å². The molecule has 0 radical (unpaired) electrons. The maximum absolute atomic E-state index is 13.2. The minimum absolute atomic E-state index is 0.183. The van der Waals surface area contributed by atoms with E-state index in [9.17, 15) is 13.2 Å². The average Bonchev–Trinajstić information content (AvgIpc) is 2.62. The molecule has 0 aliphatic rings. The molecule has 0 bridgehead atoms. The van der Waals surface area contributed by atoms with E-state index < -0.39 is 16.1 Å². The zero-order valence-corrected chi connectivity index (χ0v) is 17.1. The summed E-state index contributed by atoms with van der Waals surface area (Å²) in [5.74, 6) is 0.0435. The van der Waals surface area contributed by atoms with E-state index in [2.05, 4.69) is 19.2 Å². The highest BCUT2D eigenvalue weighted by Gasteiger charge is 2.32. The first-order valence-corrected chi connectivity index (χ1v) is 10.9. The number of rotatable bonds is 8. The molecule has 0 unspecified atom stereocenters. The van der Waals surface area contributed by atoms with E-state index in [1.165, 1.54) is 7.05 Å². The Morgan fingerprint density at radius 1 is 0.963 bits per heavy atom. The first-order chi connectivity index (χ1) is 12.7. The number of carbonyl (C=O) groups excluding carboxylic acids is 1. The quantitative estimate of drug-likeness (QED) is 0.752. The summed E-state index contributed by atoms with van der Waals surface area (Å²) in [6.45, 7) is 4.19. The van der Waals surface area contributed by atoms with E-state index >= 15 is 0 Å². The molecule has 2 aromatic rings. The third kappa shape index (κ3) is 5.91. The van der Waals surface area contributed by atoms with Gasteiger partial charge in [-0.3, -0.25) is 4.79 Å². The van der Waals surface area contributed by atoms with Crippen molar-refractivity contribution in [2.75, 3.05) is 13.3 Å². The highest BCUT2D eigenvalue weighted by molar-refractivity contribution is 7.88. The van der Waals surface area contributed by atoms with Crippen molar-refractivity contribution in [3.63, 3.8) is 0 Å². The Kier molecular flexibility index (Phi) is 7.16. The molecular weight excluding hydrogens is 360 g/mol. The predicted octanol–water partition coefficient (Wildman–Crippen LogP) is 3.52. The molecule has 0 aliphatic carbocycles. The van der Waals surface area contributed by atoms with Gasteiger partial charge in [0.05, 0.1) is 12.3 Å². The largest absolute Gasteiger partial charge is 0.348 e. The molecular formula is C21H28N2O3S. The van der Waals surface area contributed by atoms with Gasteiger partial charge >= 0.3 is 0 Å². The lowest BCUT2D eigenvalue weighted by Crippen LogP contribution is -2.42. The normalized spacial score (nSPS) is 14.1. The van der Waals surface area contributed by atoms with Crippen molar-refractivity contribution in [3.05, 3.63) is 71.8 Å². The van der Waals surface area contributed by atoms with E-state index in [4.69, 9.17) is 0 Å². The van der Waals surface area contributed by atoms with Gasteiger partial charge in [-0.05, 0) is 23.5 Å². The zero-order valence-electron chi connectivity index (χ0n) is 16.3. The van der Waals surface area contributed by atoms with E-state index in [0.717, 1.165) is 22.5 Å². The van der Waals surface area contributed by atoms with Crippen LogP contribution in [-0.2, 0) is 14.8 Å². The second-order valence-electron chi connectivity index (χ2n) is 7.19.